The molecular formula is C10H19NO4. The number of amides is 1. The van der Waals surface area contributed by atoms with Crippen LogP contribution >= 0.6 is 0 Å². The molecule has 0 aliphatic carbocycles. The summed E-state index contributed by atoms with van der Waals surface area (Å²) in [6.07, 6.45) is -0.301. The molecule has 5 heteroatoms. The number of nitrogens with zero attached hydrogens (tertiary/aromatic N) is 1. The van der Waals surface area contributed by atoms with E-state index in [1.165, 1.54) is 4.90 Å². The molecule has 0 aromatic carbocycles. The van der Waals surface area contributed by atoms with E-state index < -0.39 is 17.9 Å². The Labute approximate surface area is 89.6 Å². The summed E-state index contributed by atoms with van der Waals surface area (Å²) in [7, 11) is 0. The van der Waals surface area contributed by atoms with E-state index >= 15 is 0 Å². The molecule has 1 rings (SSSR count). The molecule has 1 fully saturated rings. The van der Waals surface area contributed by atoms with Crippen molar-refractivity contribution in [1.82, 2.24) is 4.90 Å². The molecule has 0 radical (unpaired) electrons. The minimum Gasteiger partial charge on any atom is -0.444 e. The van der Waals surface area contributed by atoms with Crippen molar-refractivity contribution in [1.29, 1.82) is 0 Å². The first kappa shape index (κ1) is 12.3. The number of ether oxygens (including phenoxy) is 1. The summed E-state index contributed by atoms with van der Waals surface area (Å²) in [5, 5.41) is 18.6. The molecule has 0 aromatic rings. The first-order valence-electron chi connectivity index (χ1n) is 5.15. The highest BCUT2D eigenvalue weighted by Crippen LogP contribution is 2.24. The fourth-order valence-electron chi connectivity index (χ4n) is 1.63. The average Bonchev–Trinajstić information content (AvgIpc) is 2.43. The molecule has 0 spiro atoms. The molecule has 15 heavy (non-hydrogen) atoms. The highest BCUT2D eigenvalue weighted by Gasteiger charge is 2.37. The van der Waals surface area contributed by atoms with Crippen LogP contribution in [0.4, 0.5) is 4.79 Å². The zero-order valence-electron chi connectivity index (χ0n) is 9.43. The van der Waals surface area contributed by atoms with Crippen LogP contribution in [0, 0.1) is 0 Å². The lowest BCUT2D eigenvalue weighted by atomic mass is 10.2. The summed E-state index contributed by atoms with van der Waals surface area (Å²) in [5.41, 5.74) is -0.584. The van der Waals surface area contributed by atoms with Gasteiger partial charge in [0.25, 0.3) is 0 Å². The van der Waals surface area contributed by atoms with Crippen molar-refractivity contribution in [2.45, 2.75) is 51.5 Å². The Morgan fingerprint density at radius 3 is 2.53 bits per heavy atom. The predicted molar refractivity (Wildman–Crippen MR) is 54.2 cm³/mol. The molecule has 1 aliphatic rings. The summed E-state index contributed by atoms with van der Waals surface area (Å²) >= 11 is 0. The van der Waals surface area contributed by atoms with Crippen LogP contribution in [0.1, 0.15) is 33.6 Å². The molecule has 5 nitrogen and oxygen atoms in total. The monoisotopic (exact) mass is 217 g/mol. The number of aliphatic hydroxyl groups excluding tert-OH is 2. The summed E-state index contributed by atoms with van der Waals surface area (Å²) in [6, 6.07) is -0.324. The molecule has 1 aliphatic heterocycles. The third-order valence-electron chi connectivity index (χ3n) is 2.29. The predicted octanol–water partition coefficient (Wildman–Crippen LogP) is 0.697. The van der Waals surface area contributed by atoms with Gasteiger partial charge in [0, 0.05) is 0 Å². The number of carbonyl (C=O) groups is 1. The normalized spacial score (nSPS) is 26.9. The average molecular weight is 217 g/mol. The standard InChI is InChI=1S/C10H19NO4/c1-10(2,3)15-9(14)11-7(6-12)4-5-8(11)13/h7-8,12-13H,4-6H2,1-3H3/t7-,8?/m0/s1. The van der Waals surface area contributed by atoms with Gasteiger partial charge in [0.1, 0.15) is 11.8 Å². The maximum atomic E-state index is 11.7. The van der Waals surface area contributed by atoms with E-state index in [-0.39, 0.29) is 12.6 Å². The van der Waals surface area contributed by atoms with Crippen LogP contribution in [0.2, 0.25) is 0 Å². The maximum absolute atomic E-state index is 11.7. The lowest BCUT2D eigenvalue weighted by Gasteiger charge is -2.29. The Morgan fingerprint density at radius 2 is 2.07 bits per heavy atom. The SMILES string of the molecule is CC(C)(C)OC(=O)N1C(O)CC[C@H]1CO. The van der Waals surface area contributed by atoms with E-state index in [2.05, 4.69) is 0 Å². The van der Waals surface area contributed by atoms with Crippen LogP contribution < -0.4 is 0 Å². The molecule has 1 unspecified atom stereocenters. The molecular weight excluding hydrogens is 198 g/mol. The van der Waals surface area contributed by atoms with E-state index in [0.717, 1.165) is 0 Å². The van der Waals surface area contributed by atoms with Crippen molar-refractivity contribution in [3.63, 3.8) is 0 Å². The van der Waals surface area contributed by atoms with Gasteiger partial charge >= 0.3 is 6.09 Å². The lowest BCUT2D eigenvalue weighted by Crippen LogP contribution is -2.45. The van der Waals surface area contributed by atoms with E-state index in [0.29, 0.717) is 12.8 Å². The van der Waals surface area contributed by atoms with E-state index in [9.17, 15) is 9.90 Å². The Bertz CT molecular complexity index is 236. The topological polar surface area (TPSA) is 70.0 Å². The summed E-state index contributed by atoms with van der Waals surface area (Å²) in [4.78, 5) is 12.9. The molecule has 0 aromatic heterocycles. The van der Waals surface area contributed by atoms with Crippen LogP contribution in [0.5, 0.6) is 0 Å². The molecule has 1 saturated heterocycles. The van der Waals surface area contributed by atoms with Gasteiger partial charge in [-0.2, -0.15) is 0 Å². The fourth-order valence-corrected chi connectivity index (χ4v) is 1.63. The smallest absolute Gasteiger partial charge is 0.412 e. The number of carbonyl (C=O) groups excluding carboxylic acids is 1. The van der Waals surface area contributed by atoms with E-state index in [4.69, 9.17) is 9.84 Å². The van der Waals surface area contributed by atoms with E-state index in [1.54, 1.807) is 20.8 Å². The van der Waals surface area contributed by atoms with Crippen molar-refractivity contribution >= 4 is 6.09 Å². The summed E-state index contributed by atoms with van der Waals surface area (Å²) in [6.45, 7) is 5.15. The molecule has 1 heterocycles. The van der Waals surface area contributed by atoms with Gasteiger partial charge in [-0.1, -0.05) is 0 Å². The minimum atomic E-state index is -0.836. The number of hydrogen-bond acceptors (Lipinski definition) is 4. The second-order valence-electron chi connectivity index (χ2n) is 4.78. The van der Waals surface area contributed by atoms with Gasteiger partial charge in [0.05, 0.1) is 12.6 Å². The molecule has 1 amide bonds. The Hall–Kier alpha value is -0.810. The Morgan fingerprint density at radius 1 is 1.47 bits per heavy atom. The first-order chi connectivity index (χ1) is 6.85. The Kier molecular flexibility index (Phi) is 3.57. The molecule has 0 saturated carbocycles. The Balaban J connectivity index is 2.64. The van der Waals surface area contributed by atoms with Crippen molar-refractivity contribution in [3.8, 4) is 0 Å². The van der Waals surface area contributed by atoms with Gasteiger partial charge < -0.3 is 14.9 Å². The largest absolute Gasteiger partial charge is 0.444 e. The minimum absolute atomic E-state index is 0.143. The molecule has 2 N–H and O–H groups in total. The van der Waals surface area contributed by atoms with Gasteiger partial charge in [0.2, 0.25) is 0 Å². The maximum Gasteiger partial charge on any atom is 0.412 e. The van der Waals surface area contributed by atoms with Gasteiger partial charge in [-0.3, -0.25) is 4.90 Å². The highest BCUT2D eigenvalue weighted by molar-refractivity contribution is 5.69. The summed E-state index contributed by atoms with van der Waals surface area (Å²) in [5.74, 6) is 0. The molecule has 2 atom stereocenters. The van der Waals surface area contributed by atoms with Gasteiger partial charge in [-0.15, -0.1) is 0 Å². The fraction of sp³-hybridized carbons (Fsp3) is 0.900. The number of likely N-dealkylation sites (tertiary alicyclic amines) is 1. The highest BCUT2D eigenvalue weighted by atomic mass is 16.6. The molecule has 88 valence electrons. The van der Waals surface area contributed by atoms with Crippen molar-refractivity contribution < 1.29 is 19.7 Å². The van der Waals surface area contributed by atoms with Crippen molar-refractivity contribution in [3.05, 3.63) is 0 Å². The second kappa shape index (κ2) is 4.37. The summed E-state index contributed by atoms with van der Waals surface area (Å²) < 4.78 is 5.14. The van der Waals surface area contributed by atoms with Crippen LogP contribution in [0.25, 0.3) is 0 Å². The zero-order chi connectivity index (χ0) is 11.6. The number of aliphatic hydroxyl groups is 2. The lowest BCUT2D eigenvalue weighted by molar-refractivity contribution is -0.0303. The van der Waals surface area contributed by atoms with Crippen LogP contribution in [0.3, 0.4) is 0 Å². The van der Waals surface area contributed by atoms with Crippen LogP contribution in [-0.4, -0.2) is 45.7 Å². The van der Waals surface area contributed by atoms with Crippen molar-refractivity contribution in [2.24, 2.45) is 0 Å². The third-order valence-corrected chi connectivity index (χ3v) is 2.29. The first-order valence-corrected chi connectivity index (χ1v) is 5.15. The number of rotatable bonds is 1. The third kappa shape index (κ3) is 3.07. The molecule has 0 bridgehead atoms. The quantitative estimate of drug-likeness (QED) is 0.678. The zero-order valence-corrected chi connectivity index (χ0v) is 9.43. The van der Waals surface area contributed by atoms with Gasteiger partial charge in [-0.25, -0.2) is 4.79 Å². The number of hydrogen-bond donors (Lipinski definition) is 2. The van der Waals surface area contributed by atoms with Gasteiger partial charge in [0.15, 0.2) is 0 Å². The van der Waals surface area contributed by atoms with Crippen LogP contribution in [0.15, 0.2) is 0 Å². The van der Waals surface area contributed by atoms with Crippen LogP contribution in [-0.2, 0) is 4.74 Å². The van der Waals surface area contributed by atoms with Gasteiger partial charge in [-0.05, 0) is 33.6 Å². The second-order valence-corrected chi connectivity index (χ2v) is 4.78. The van der Waals surface area contributed by atoms with E-state index in [1.807, 2.05) is 0 Å². The van der Waals surface area contributed by atoms with Crippen molar-refractivity contribution in [2.75, 3.05) is 6.61 Å².